The molecule has 0 aliphatic carbocycles. The second-order valence-electron chi connectivity index (χ2n) is 3.70. The number of benzene rings is 1. The third-order valence-corrected chi connectivity index (χ3v) is 2.49. The Kier molecular flexibility index (Phi) is 5.87. The van der Waals surface area contributed by atoms with Crippen molar-refractivity contribution in [3.05, 3.63) is 35.4 Å². The highest BCUT2D eigenvalue weighted by Crippen LogP contribution is 2.09. The summed E-state index contributed by atoms with van der Waals surface area (Å²) in [6.45, 7) is 0.644. The van der Waals surface area contributed by atoms with Crippen molar-refractivity contribution in [2.24, 2.45) is 0 Å². The minimum absolute atomic E-state index is 0.142. The molecule has 0 fully saturated rings. The number of carbonyl (C=O) groups is 2. The standard InChI is InChI=1S/C13H17NO4/c1-17-12(15)7-10-5-3-4-6-11(10)8-14-9-13(16)18-2/h3-6,14H,7-9H2,1-2H3. The molecule has 0 aliphatic heterocycles. The number of methoxy groups -OCH3 is 2. The molecule has 18 heavy (non-hydrogen) atoms. The monoisotopic (exact) mass is 251 g/mol. The van der Waals surface area contributed by atoms with E-state index in [0.29, 0.717) is 6.54 Å². The molecule has 1 aromatic rings. The lowest BCUT2D eigenvalue weighted by Crippen LogP contribution is -2.24. The molecule has 0 spiro atoms. The zero-order valence-electron chi connectivity index (χ0n) is 10.6. The van der Waals surface area contributed by atoms with Gasteiger partial charge in [-0.1, -0.05) is 24.3 Å². The lowest BCUT2D eigenvalue weighted by Gasteiger charge is -2.09. The largest absolute Gasteiger partial charge is 0.469 e. The van der Waals surface area contributed by atoms with Gasteiger partial charge >= 0.3 is 11.9 Å². The Bertz CT molecular complexity index is 417. The van der Waals surface area contributed by atoms with Crippen LogP contribution in [0.2, 0.25) is 0 Å². The van der Waals surface area contributed by atoms with E-state index in [9.17, 15) is 9.59 Å². The van der Waals surface area contributed by atoms with Gasteiger partial charge in [0.2, 0.25) is 0 Å². The predicted octanol–water partition coefficient (Wildman–Crippen LogP) is 0.665. The maximum Gasteiger partial charge on any atom is 0.319 e. The average Bonchev–Trinajstić information content (AvgIpc) is 2.40. The van der Waals surface area contributed by atoms with Crippen LogP contribution in [-0.2, 0) is 32.0 Å². The summed E-state index contributed by atoms with van der Waals surface area (Å²) in [7, 11) is 2.70. The Balaban J connectivity index is 2.59. The molecule has 5 heteroatoms. The van der Waals surface area contributed by atoms with Crippen molar-refractivity contribution in [1.82, 2.24) is 5.32 Å². The van der Waals surface area contributed by atoms with E-state index in [1.165, 1.54) is 14.2 Å². The van der Waals surface area contributed by atoms with Crippen molar-refractivity contribution in [3.63, 3.8) is 0 Å². The highest BCUT2D eigenvalue weighted by molar-refractivity contribution is 5.73. The van der Waals surface area contributed by atoms with Crippen LogP contribution in [0, 0.1) is 0 Å². The Morgan fingerprint density at radius 2 is 1.67 bits per heavy atom. The van der Waals surface area contributed by atoms with Crippen LogP contribution in [-0.4, -0.2) is 32.7 Å². The molecule has 0 heterocycles. The molecule has 0 amide bonds. The second-order valence-corrected chi connectivity index (χ2v) is 3.70. The molecule has 1 aromatic carbocycles. The van der Waals surface area contributed by atoms with Crippen LogP contribution in [0.15, 0.2) is 24.3 Å². The molecule has 0 atom stereocenters. The summed E-state index contributed by atoms with van der Waals surface area (Å²) in [4.78, 5) is 22.2. The molecule has 0 unspecified atom stereocenters. The number of esters is 2. The quantitative estimate of drug-likeness (QED) is 0.753. The molecule has 0 aliphatic rings. The fourth-order valence-corrected chi connectivity index (χ4v) is 1.50. The zero-order valence-corrected chi connectivity index (χ0v) is 10.6. The lowest BCUT2D eigenvalue weighted by atomic mass is 10.0. The molecule has 98 valence electrons. The van der Waals surface area contributed by atoms with Crippen LogP contribution in [0.1, 0.15) is 11.1 Å². The number of rotatable bonds is 6. The molecule has 0 radical (unpaired) electrons. The van der Waals surface area contributed by atoms with Crippen LogP contribution in [0.3, 0.4) is 0 Å². The summed E-state index contributed by atoms with van der Waals surface area (Å²) in [5.74, 6) is -0.601. The highest BCUT2D eigenvalue weighted by Gasteiger charge is 2.08. The van der Waals surface area contributed by atoms with Gasteiger partial charge in [0.15, 0.2) is 0 Å². The minimum atomic E-state index is -0.319. The van der Waals surface area contributed by atoms with Gasteiger partial charge in [0.1, 0.15) is 0 Å². The fraction of sp³-hybridized carbons (Fsp3) is 0.385. The van der Waals surface area contributed by atoms with Crippen LogP contribution in [0.5, 0.6) is 0 Å². The van der Waals surface area contributed by atoms with E-state index in [1.54, 1.807) is 0 Å². The van der Waals surface area contributed by atoms with Crippen LogP contribution in [0.25, 0.3) is 0 Å². The van der Waals surface area contributed by atoms with E-state index in [0.717, 1.165) is 11.1 Å². The number of carbonyl (C=O) groups excluding carboxylic acids is 2. The first kappa shape index (κ1) is 14.2. The summed E-state index contributed by atoms with van der Waals surface area (Å²) in [6.07, 6.45) is 0.229. The molecule has 0 saturated heterocycles. The number of hydrogen-bond acceptors (Lipinski definition) is 5. The van der Waals surface area contributed by atoms with Gasteiger partial charge in [-0.15, -0.1) is 0 Å². The first-order valence-corrected chi connectivity index (χ1v) is 5.58. The van der Waals surface area contributed by atoms with E-state index in [-0.39, 0.29) is 24.9 Å². The Hall–Kier alpha value is -1.88. The Morgan fingerprint density at radius 3 is 2.28 bits per heavy atom. The SMILES string of the molecule is COC(=O)CNCc1ccccc1CC(=O)OC. The molecule has 1 rings (SSSR count). The average molecular weight is 251 g/mol. The fourth-order valence-electron chi connectivity index (χ4n) is 1.50. The first-order chi connectivity index (χ1) is 8.67. The molecular formula is C13H17NO4. The predicted molar refractivity (Wildman–Crippen MR) is 65.9 cm³/mol. The summed E-state index contributed by atoms with van der Waals surface area (Å²) < 4.78 is 9.16. The van der Waals surface area contributed by atoms with E-state index >= 15 is 0 Å². The van der Waals surface area contributed by atoms with E-state index < -0.39 is 0 Å². The first-order valence-electron chi connectivity index (χ1n) is 5.58. The highest BCUT2D eigenvalue weighted by atomic mass is 16.5. The molecule has 0 saturated carbocycles. The molecule has 0 aromatic heterocycles. The Morgan fingerprint density at radius 1 is 1.06 bits per heavy atom. The summed E-state index contributed by atoms with van der Waals surface area (Å²) in [6, 6.07) is 7.52. The van der Waals surface area contributed by atoms with Gasteiger partial charge in [-0.3, -0.25) is 9.59 Å². The van der Waals surface area contributed by atoms with Gasteiger partial charge in [-0.25, -0.2) is 0 Å². The van der Waals surface area contributed by atoms with Crippen molar-refractivity contribution in [2.45, 2.75) is 13.0 Å². The second kappa shape index (κ2) is 7.45. The molecule has 5 nitrogen and oxygen atoms in total. The van der Waals surface area contributed by atoms with Crippen molar-refractivity contribution < 1.29 is 19.1 Å². The third kappa shape index (κ3) is 4.55. The molecule has 0 bridgehead atoms. The smallest absolute Gasteiger partial charge is 0.319 e. The zero-order chi connectivity index (χ0) is 13.4. The molecule has 1 N–H and O–H groups in total. The van der Waals surface area contributed by atoms with Gasteiger partial charge in [0.25, 0.3) is 0 Å². The summed E-state index contributed by atoms with van der Waals surface area (Å²) >= 11 is 0. The van der Waals surface area contributed by atoms with Gasteiger partial charge < -0.3 is 14.8 Å². The van der Waals surface area contributed by atoms with E-state index in [4.69, 9.17) is 0 Å². The van der Waals surface area contributed by atoms with Crippen LogP contribution >= 0.6 is 0 Å². The number of ether oxygens (including phenoxy) is 2. The van der Waals surface area contributed by atoms with E-state index in [1.807, 2.05) is 24.3 Å². The topological polar surface area (TPSA) is 64.6 Å². The van der Waals surface area contributed by atoms with Crippen molar-refractivity contribution in [3.8, 4) is 0 Å². The lowest BCUT2D eigenvalue weighted by molar-refractivity contribution is -0.140. The summed E-state index contributed by atoms with van der Waals surface area (Å²) in [5, 5.41) is 2.96. The van der Waals surface area contributed by atoms with Crippen molar-refractivity contribution in [1.29, 1.82) is 0 Å². The third-order valence-electron chi connectivity index (χ3n) is 2.49. The van der Waals surface area contributed by atoms with Gasteiger partial charge in [0, 0.05) is 6.54 Å². The van der Waals surface area contributed by atoms with Gasteiger partial charge in [-0.2, -0.15) is 0 Å². The normalized spacial score (nSPS) is 9.89. The minimum Gasteiger partial charge on any atom is -0.469 e. The molecular weight excluding hydrogens is 234 g/mol. The number of hydrogen-bond donors (Lipinski definition) is 1. The van der Waals surface area contributed by atoms with E-state index in [2.05, 4.69) is 14.8 Å². The summed E-state index contributed by atoms with van der Waals surface area (Å²) in [5.41, 5.74) is 1.86. The van der Waals surface area contributed by atoms with Gasteiger partial charge in [-0.05, 0) is 11.1 Å². The maximum absolute atomic E-state index is 11.2. The van der Waals surface area contributed by atoms with Crippen molar-refractivity contribution in [2.75, 3.05) is 20.8 Å². The van der Waals surface area contributed by atoms with Crippen LogP contribution < -0.4 is 5.32 Å². The Labute approximate surface area is 106 Å². The maximum atomic E-state index is 11.2. The van der Waals surface area contributed by atoms with Crippen molar-refractivity contribution >= 4 is 11.9 Å². The van der Waals surface area contributed by atoms with Gasteiger partial charge in [0.05, 0.1) is 27.2 Å². The van der Waals surface area contributed by atoms with Crippen LogP contribution in [0.4, 0.5) is 0 Å². The number of nitrogens with one attached hydrogen (secondary N) is 1.